The fourth-order valence-corrected chi connectivity index (χ4v) is 0.963. The van der Waals surface area contributed by atoms with Crippen LogP contribution in [0.3, 0.4) is 0 Å². The zero-order chi connectivity index (χ0) is 6.97. The number of nitrogens with zero attached hydrogens (tertiary/aromatic N) is 1. The molecular weight excluding hydrogens is 126 g/mol. The Bertz CT molecular complexity index is 296. The molecule has 3 nitrogen and oxygen atoms in total. The molecule has 1 aromatic heterocycles. The summed E-state index contributed by atoms with van der Waals surface area (Å²) in [5.74, 6) is 0.878. The van der Waals surface area contributed by atoms with Crippen LogP contribution in [0.4, 0.5) is 5.82 Å². The highest BCUT2D eigenvalue weighted by molar-refractivity contribution is 5.84. The summed E-state index contributed by atoms with van der Waals surface area (Å²) in [7, 11) is 0. The van der Waals surface area contributed by atoms with Gasteiger partial charge in [0.2, 0.25) is 0 Å². The number of hydrogen-bond donors (Lipinski definition) is 2. The number of fused-ring (bicyclic) bond motifs is 1. The number of nitrogens with one attached hydrogen (secondary N) is 2. The fraction of sp³-hybridized carbons (Fsp3) is 0. The fourth-order valence-electron chi connectivity index (χ4n) is 0.963. The number of aromatic amines is 1. The van der Waals surface area contributed by atoms with Gasteiger partial charge >= 0.3 is 0 Å². The molecule has 0 aromatic carbocycles. The Morgan fingerprint density at radius 2 is 2.40 bits per heavy atom. The normalized spacial score (nSPS) is 14.6. The number of aromatic nitrogens is 1. The first-order valence-electron chi connectivity index (χ1n) is 3.03. The third-order valence-corrected chi connectivity index (χ3v) is 1.48. The monoisotopic (exact) mass is 133 g/mol. The van der Waals surface area contributed by atoms with Crippen molar-refractivity contribution >= 4 is 17.9 Å². The van der Waals surface area contributed by atoms with Gasteiger partial charge in [-0.05, 0) is 6.07 Å². The summed E-state index contributed by atoms with van der Waals surface area (Å²) in [4.78, 5) is 7.04. The molecule has 0 amide bonds. The van der Waals surface area contributed by atoms with Crippen molar-refractivity contribution in [1.29, 1.82) is 0 Å². The van der Waals surface area contributed by atoms with Crippen molar-refractivity contribution in [3.05, 3.63) is 24.4 Å². The molecule has 0 saturated carbocycles. The summed E-state index contributed by atoms with van der Waals surface area (Å²) in [6.45, 7) is 3.81. The van der Waals surface area contributed by atoms with Gasteiger partial charge in [-0.15, -0.1) is 0 Å². The summed E-state index contributed by atoms with van der Waals surface area (Å²) < 4.78 is 0. The van der Waals surface area contributed by atoms with Crippen molar-refractivity contribution in [2.45, 2.75) is 0 Å². The predicted molar refractivity (Wildman–Crippen MR) is 41.1 cm³/mol. The highest BCUT2D eigenvalue weighted by Crippen LogP contribution is 2.23. The van der Waals surface area contributed by atoms with Crippen LogP contribution < -0.4 is 5.32 Å². The van der Waals surface area contributed by atoms with E-state index in [-0.39, 0.29) is 0 Å². The summed E-state index contributed by atoms with van der Waals surface area (Å²) >= 11 is 0. The Morgan fingerprint density at radius 3 is 3.20 bits per heavy atom. The molecule has 1 aromatic rings. The van der Waals surface area contributed by atoms with Gasteiger partial charge in [0.05, 0.1) is 6.34 Å². The second kappa shape index (κ2) is 1.73. The highest BCUT2D eigenvalue weighted by Gasteiger charge is 2.07. The Balaban J connectivity index is 2.62. The Kier molecular flexibility index (Phi) is 0.917. The van der Waals surface area contributed by atoms with E-state index in [1.165, 1.54) is 0 Å². The van der Waals surface area contributed by atoms with Crippen LogP contribution >= 0.6 is 0 Å². The standard InChI is InChI=1S/C7H7N3/c1-5-6-2-3-8-7(6)10-4-9-5/h2-4,8H,1H2,(H,9,10). The maximum Gasteiger partial charge on any atom is 0.141 e. The average Bonchev–Trinajstić information content (AvgIpc) is 2.36. The predicted octanol–water partition coefficient (Wildman–Crippen LogP) is 1.25. The van der Waals surface area contributed by atoms with Crippen molar-refractivity contribution < 1.29 is 0 Å². The number of hydrogen-bond acceptors (Lipinski definition) is 2. The van der Waals surface area contributed by atoms with Gasteiger partial charge in [-0.1, -0.05) is 6.58 Å². The molecule has 10 heavy (non-hydrogen) atoms. The van der Waals surface area contributed by atoms with Crippen LogP contribution in [-0.2, 0) is 0 Å². The third-order valence-electron chi connectivity index (χ3n) is 1.48. The molecule has 0 fully saturated rings. The number of rotatable bonds is 0. The van der Waals surface area contributed by atoms with Crippen LogP contribution in [0.15, 0.2) is 23.8 Å². The van der Waals surface area contributed by atoms with Crippen LogP contribution in [0, 0.1) is 0 Å². The van der Waals surface area contributed by atoms with Crippen molar-refractivity contribution in [2.24, 2.45) is 4.99 Å². The molecular formula is C7H7N3. The van der Waals surface area contributed by atoms with Gasteiger partial charge in [-0.2, -0.15) is 0 Å². The average molecular weight is 133 g/mol. The van der Waals surface area contributed by atoms with Crippen LogP contribution in [-0.4, -0.2) is 11.3 Å². The van der Waals surface area contributed by atoms with Crippen LogP contribution in [0.5, 0.6) is 0 Å². The van der Waals surface area contributed by atoms with E-state index in [0.29, 0.717) is 0 Å². The molecule has 0 radical (unpaired) electrons. The zero-order valence-corrected chi connectivity index (χ0v) is 5.39. The molecule has 0 unspecified atom stereocenters. The number of aliphatic imine (C=N–C) groups is 1. The Morgan fingerprint density at radius 1 is 1.50 bits per heavy atom. The quantitative estimate of drug-likeness (QED) is 0.549. The van der Waals surface area contributed by atoms with Crippen LogP contribution in [0.1, 0.15) is 5.56 Å². The SMILES string of the molecule is C=C1NC=Nc2[nH]ccc21. The van der Waals surface area contributed by atoms with Gasteiger partial charge in [-0.3, -0.25) is 0 Å². The maximum absolute atomic E-state index is 4.05. The number of H-pyrrole nitrogens is 1. The largest absolute Gasteiger partial charge is 0.346 e. The first kappa shape index (κ1) is 5.29. The molecule has 2 rings (SSSR count). The summed E-state index contributed by atoms with van der Waals surface area (Å²) in [6.07, 6.45) is 3.47. The third kappa shape index (κ3) is 0.572. The molecule has 50 valence electrons. The van der Waals surface area contributed by atoms with E-state index in [0.717, 1.165) is 17.1 Å². The summed E-state index contributed by atoms with van der Waals surface area (Å²) in [5, 5.41) is 2.92. The van der Waals surface area contributed by atoms with Crippen molar-refractivity contribution in [1.82, 2.24) is 10.3 Å². The van der Waals surface area contributed by atoms with E-state index in [4.69, 9.17) is 0 Å². The summed E-state index contributed by atoms with van der Waals surface area (Å²) in [6, 6.07) is 1.95. The van der Waals surface area contributed by atoms with Gasteiger partial charge in [-0.25, -0.2) is 4.99 Å². The van der Waals surface area contributed by atoms with E-state index in [9.17, 15) is 0 Å². The molecule has 0 atom stereocenters. The minimum atomic E-state index is 0.878. The lowest BCUT2D eigenvalue weighted by Gasteiger charge is -2.07. The molecule has 2 heterocycles. The molecule has 2 N–H and O–H groups in total. The van der Waals surface area contributed by atoms with E-state index in [1.807, 2.05) is 12.3 Å². The molecule has 0 bridgehead atoms. The van der Waals surface area contributed by atoms with Gasteiger partial charge < -0.3 is 10.3 Å². The van der Waals surface area contributed by atoms with Gasteiger partial charge in [0, 0.05) is 17.5 Å². The van der Waals surface area contributed by atoms with E-state index >= 15 is 0 Å². The van der Waals surface area contributed by atoms with E-state index in [1.54, 1.807) is 6.34 Å². The second-order valence-corrected chi connectivity index (χ2v) is 2.12. The lowest BCUT2D eigenvalue weighted by molar-refractivity contribution is 1.24. The smallest absolute Gasteiger partial charge is 0.141 e. The van der Waals surface area contributed by atoms with Crippen molar-refractivity contribution in [3.8, 4) is 0 Å². The zero-order valence-electron chi connectivity index (χ0n) is 5.39. The van der Waals surface area contributed by atoms with Crippen LogP contribution in [0.2, 0.25) is 0 Å². The minimum absolute atomic E-state index is 0.878. The maximum atomic E-state index is 4.05. The van der Waals surface area contributed by atoms with Crippen molar-refractivity contribution in [2.75, 3.05) is 0 Å². The molecule has 1 aliphatic rings. The Hall–Kier alpha value is -1.51. The highest BCUT2D eigenvalue weighted by atomic mass is 15.0. The lowest BCUT2D eigenvalue weighted by atomic mass is 10.2. The molecule has 0 saturated heterocycles. The first-order valence-corrected chi connectivity index (χ1v) is 3.03. The molecule has 3 heteroatoms. The lowest BCUT2D eigenvalue weighted by Crippen LogP contribution is -2.10. The van der Waals surface area contributed by atoms with Crippen molar-refractivity contribution in [3.63, 3.8) is 0 Å². The summed E-state index contributed by atoms with van der Waals surface area (Å²) in [5.41, 5.74) is 1.94. The molecule has 1 aliphatic heterocycles. The molecule has 0 aliphatic carbocycles. The topological polar surface area (TPSA) is 40.2 Å². The van der Waals surface area contributed by atoms with Gasteiger partial charge in [0.25, 0.3) is 0 Å². The van der Waals surface area contributed by atoms with Gasteiger partial charge in [0.15, 0.2) is 0 Å². The van der Waals surface area contributed by atoms with E-state index in [2.05, 4.69) is 21.9 Å². The Labute approximate surface area is 58.5 Å². The van der Waals surface area contributed by atoms with Crippen LogP contribution in [0.25, 0.3) is 5.70 Å². The second-order valence-electron chi connectivity index (χ2n) is 2.12. The van der Waals surface area contributed by atoms with Gasteiger partial charge in [0.1, 0.15) is 5.82 Å². The minimum Gasteiger partial charge on any atom is -0.346 e. The molecule has 0 spiro atoms. The first-order chi connectivity index (χ1) is 4.88. The van der Waals surface area contributed by atoms with E-state index < -0.39 is 0 Å².